The van der Waals surface area contributed by atoms with Crippen LogP contribution in [0.3, 0.4) is 0 Å². The molecular weight excluding hydrogens is 308 g/mol. The summed E-state index contributed by atoms with van der Waals surface area (Å²) < 4.78 is 1.25. The van der Waals surface area contributed by atoms with Gasteiger partial charge in [-0.3, -0.25) is 4.90 Å². The predicted octanol–water partition coefficient (Wildman–Crippen LogP) is 3.47. The largest absolute Gasteiger partial charge is 0.311 e. The Morgan fingerprint density at radius 3 is 2.89 bits per heavy atom. The van der Waals surface area contributed by atoms with Gasteiger partial charge in [0, 0.05) is 36.6 Å². The van der Waals surface area contributed by atoms with Crippen molar-refractivity contribution >= 4 is 27.3 Å². The van der Waals surface area contributed by atoms with Crippen LogP contribution in [0.2, 0.25) is 0 Å². The van der Waals surface area contributed by atoms with E-state index in [1.807, 2.05) is 11.3 Å². The Kier molecular flexibility index (Phi) is 4.09. The second-order valence-electron chi connectivity index (χ2n) is 5.55. The maximum atomic E-state index is 3.71. The molecule has 0 bridgehead atoms. The first-order chi connectivity index (χ1) is 8.76. The molecule has 1 aliphatic heterocycles. The smallest absolute Gasteiger partial charge is 0.0701 e. The summed E-state index contributed by atoms with van der Waals surface area (Å²) in [6.45, 7) is 5.83. The van der Waals surface area contributed by atoms with Crippen LogP contribution < -0.4 is 5.32 Å². The van der Waals surface area contributed by atoms with Gasteiger partial charge in [0.1, 0.15) is 0 Å². The minimum absolute atomic E-state index is 0.684. The van der Waals surface area contributed by atoms with E-state index in [1.165, 1.54) is 41.0 Å². The van der Waals surface area contributed by atoms with Gasteiger partial charge in [-0.25, -0.2) is 0 Å². The Morgan fingerprint density at radius 2 is 2.28 bits per heavy atom. The molecule has 1 saturated heterocycles. The third kappa shape index (κ3) is 2.98. The number of hydrogen-bond acceptors (Lipinski definition) is 3. The second-order valence-corrected chi connectivity index (χ2v) is 8.10. The Bertz CT molecular complexity index is 402. The molecule has 1 N–H and O–H groups in total. The molecule has 3 rings (SSSR count). The van der Waals surface area contributed by atoms with E-state index >= 15 is 0 Å². The number of rotatable bonds is 4. The van der Waals surface area contributed by atoms with Gasteiger partial charge in [0.05, 0.1) is 3.79 Å². The lowest BCUT2D eigenvalue weighted by atomic mass is 10.0. The molecule has 0 radical (unpaired) electrons. The molecule has 1 saturated carbocycles. The Morgan fingerprint density at radius 1 is 1.44 bits per heavy atom. The van der Waals surface area contributed by atoms with Crippen LogP contribution in [0.25, 0.3) is 0 Å². The molecule has 2 aliphatic rings. The molecule has 1 aliphatic carbocycles. The van der Waals surface area contributed by atoms with Crippen molar-refractivity contribution in [3.8, 4) is 0 Å². The maximum absolute atomic E-state index is 3.71. The third-order valence-electron chi connectivity index (χ3n) is 4.19. The molecule has 100 valence electrons. The van der Waals surface area contributed by atoms with Gasteiger partial charge in [-0.1, -0.05) is 6.92 Å². The monoisotopic (exact) mass is 328 g/mol. The van der Waals surface area contributed by atoms with Gasteiger partial charge in [-0.15, -0.1) is 11.3 Å². The predicted molar refractivity (Wildman–Crippen MR) is 81.0 cm³/mol. The van der Waals surface area contributed by atoms with E-state index in [0.29, 0.717) is 6.04 Å². The van der Waals surface area contributed by atoms with Gasteiger partial charge in [-0.05, 0) is 53.2 Å². The first-order valence-corrected chi connectivity index (χ1v) is 8.59. The fraction of sp³-hybridized carbons (Fsp3) is 0.714. The van der Waals surface area contributed by atoms with Crippen LogP contribution >= 0.6 is 27.3 Å². The normalized spacial score (nSPS) is 29.7. The van der Waals surface area contributed by atoms with E-state index in [2.05, 4.69) is 45.2 Å². The molecule has 0 aromatic carbocycles. The van der Waals surface area contributed by atoms with Crippen LogP contribution in [0.1, 0.15) is 31.1 Å². The lowest BCUT2D eigenvalue weighted by Gasteiger charge is -2.40. The van der Waals surface area contributed by atoms with E-state index in [1.54, 1.807) is 0 Å². The van der Waals surface area contributed by atoms with Crippen molar-refractivity contribution in [2.75, 3.05) is 13.1 Å². The average Bonchev–Trinajstić information content (AvgIpc) is 3.13. The van der Waals surface area contributed by atoms with Crippen LogP contribution in [-0.2, 0) is 6.54 Å². The van der Waals surface area contributed by atoms with E-state index in [4.69, 9.17) is 0 Å². The van der Waals surface area contributed by atoms with Crippen LogP contribution in [0.15, 0.2) is 15.9 Å². The highest BCUT2D eigenvalue weighted by atomic mass is 79.9. The van der Waals surface area contributed by atoms with E-state index < -0.39 is 0 Å². The molecule has 2 fully saturated rings. The molecule has 18 heavy (non-hydrogen) atoms. The summed E-state index contributed by atoms with van der Waals surface area (Å²) in [6.07, 6.45) is 4.11. The fourth-order valence-electron chi connectivity index (χ4n) is 2.94. The molecule has 2 atom stereocenters. The highest BCUT2D eigenvalue weighted by Crippen LogP contribution is 2.37. The number of hydrogen-bond donors (Lipinski definition) is 1. The minimum Gasteiger partial charge on any atom is -0.311 e. The Labute approximate surface area is 122 Å². The molecule has 2 nitrogen and oxygen atoms in total. The Balaban J connectivity index is 1.68. The topological polar surface area (TPSA) is 15.3 Å². The molecule has 0 amide bonds. The quantitative estimate of drug-likeness (QED) is 0.910. The van der Waals surface area contributed by atoms with Crippen molar-refractivity contribution in [1.29, 1.82) is 0 Å². The number of nitrogens with one attached hydrogen (secondary N) is 1. The zero-order valence-electron chi connectivity index (χ0n) is 10.9. The van der Waals surface area contributed by atoms with Gasteiger partial charge < -0.3 is 5.32 Å². The number of thiophene rings is 1. The van der Waals surface area contributed by atoms with Crippen molar-refractivity contribution in [2.24, 2.45) is 5.92 Å². The number of nitrogens with zero attached hydrogens (tertiary/aromatic N) is 1. The summed E-state index contributed by atoms with van der Waals surface area (Å²) >= 11 is 5.45. The first kappa shape index (κ1) is 13.1. The lowest BCUT2D eigenvalue weighted by Crippen LogP contribution is -2.56. The lowest BCUT2D eigenvalue weighted by molar-refractivity contribution is 0.107. The molecular formula is C14H21BrN2S. The summed E-state index contributed by atoms with van der Waals surface area (Å²) in [7, 11) is 0. The first-order valence-electron chi connectivity index (χ1n) is 6.98. The van der Waals surface area contributed by atoms with Gasteiger partial charge in [0.15, 0.2) is 0 Å². The number of piperazine rings is 1. The molecule has 1 aromatic rings. The molecule has 0 spiro atoms. The highest BCUT2D eigenvalue weighted by Gasteiger charge is 2.38. The third-order valence-corrected chi connectivity index (χ3v) is 5.79. The van der Waals surface area contributed by atoms with Gasteiger partial charge in [0.2, 0.25) is 0 Å². The standard InChI is InChI=1S/C14H21BrN2S/c1-2-11-8-17(9-12-5-6-14(15)18-12)13(7-16-11)10-3-4-10/h5-6,10-11,13,16H,2-4,7-9H2,1H3. The molecule has 2 heterocycles. The number of halogens is 1. The summed E-state index contributed by atoms with van der Waals surface area (Å²) in [5.74, 6) is 0.957. The van der Waals surface area contributed by atoms with E-state index in [0.717, 1.165) is 18.5 Å². The summed E-state index contributed by atoms with van der Waals surface area (Å²) in [6, 6.07) is 5.89. The maximum Gasteiger partial charge on any atom is 0.0701 e. The summed E-state index contributed by atoms with van der Waals surface area (Å²) in [5.41, 5.74) is 0. The summed E-state index contributed by atoms with van der Waals surface area (Å²) in [4.78, 5) is 4.21. The second kappa shape index (κ2) is 5.61. The van der Waals surface area contributed by atoms with Crippen molar-refractivity contribution in [3.63, 3.8) is 0 Å². The molecule has 2 unspecified atom stereocenters. The summed E-state index contributed by atoms with van der Waals surface area (Å²) in [5, 5.41) is 3.71. The molecule has 1 aromatic heterocycles. The average molecular weight is 329 g/mol. The van der Waals surface area contributed by atoms with Crippen LogP contribution in [-0.4, -0.2) is 30.1 Å². The molecule has 4 heteroatoms. The van der Waals surface area contributed by atoms with Gasteiger partial charge >= 0.3 is 0 Å². The van der Waals surface area contributed by atoms with Crippen LogP contribution in [0.4, 0.5) is 0 Å². The minimum atomic E-state index is 0.684. The van der Waals surface area contributed by atoms with Crippen molar-refractivity contribution in [2.45, 2.75) is 44.8 Å². The van der Waals surface area contributed by atoms with Crippen molar-refractivity contribution in [3.05, 3.63) is 20.8 Å². The zero-order chi connectivity index (χ0) is 12.5. The van der Waals surface area contributed by atoms with Gasteiger partial charge in [0.25, 0.3) is 0 Å². The van der Waals surface area contributed by atoms with Gasteiger partial charge in [-0.2, -0.15) is 0 Å². The van der Waals surface area contributed by atoms with Crippen LogP contribution in [0, 0.1) is 5.92 Å². The van der Waals surface area contributed by atoms with Crippen molar-refractivity contribution < 1.29 is 0 Å². The van der Waals surface area contributed by atoms with Crippen LogP contribution in [0.5, 0.6) is 0 Å². The zero-order valence-corrected chi connectivity index (χ0v) is 13.3. The Hall–Kier alpha value is 0.1000. The highest BCUT2D eigenvalue weighted by molar-refractivity contribution is 9.11. The SMILES string of the molecule is CCC1CN(Cc2ccc(Br)s2)C(C2CC2)CN1. The van der Waals surface area contributed by atoms with Crippen molar-refractivity contribution in [1.82, 2.24) is 10.2 Å². The van der Waals surface area contributed by atoms with E-state index in [-0.39, 0.29) is 0 Å². The fourth-order valence-corrected chi connectivity index (χ4v) is 4.45. The van der Waals surface area contributed by atoms with E-state index in [9.17, 15) is 0 Å².